The molecule has 1 aromatic carbocycles. The van der Waals surface area contributed by atoms with E-state index in [9.17, 15) is 0 Å². The first-order valence-corrected chi connectivity index (χ1v) is 5.46. The Balaban J connectivity index is 2.53. The van der Waals surface area contributed by atoms with E-state index in [4.69, 9.17) is 11.2 Å². The number of terminal acetylenes is 1. The van der Waals surface area contributed by atoms with Gasteiger partial charge >= 0.3 is 0 Å². The fourth-order valence-electron chi connectivity index (χ4n) is 1.40. The summed E-state index contributed by atoms with van der Waals surface area (Å²) in [6.45, 7) is 0. The highest BCUT2D eigenvalue weighted by atomic mass is 32.1. The average molecular weight is 214 g/mol. The molecule has 0 aliphatic rings. The molecule has 0 N–H and O–H groups in total. The number of ether oxygens (including phenoxy) is 1. The van der Waals surface area contributed by atoms with E-state index >= 15 is 0 Å². The van der Waals surface area contributed by atoms with Crippen LogP contribution in [0.1, 0.15) is 5.56 Å². The minimum Gasteiger partial charge on any atom is -0.497 e. The zero-order chi connectivity index (χ0) is 10.7. The Morgan fingerprint density at radius 2 is 2.13 bits per heavy atom. The third-order valence-corrected chi connectivity index (χ3v) is 2.85. The summed E-state index contributed by atoms with van der Waals surface area (Å²) in [4.78, 5) is 0. The highest BCUT2D eigenvalue weighted by Gasteiger charge is 2.02. The van der Waals surface area contributed by atoms with Gasteiger partial charge in [-0.1, -0.05) is 5.92 Å². The molecule has 0 amide bonds. The molecular formula is C13H10OS. The Hall–Kier alpha value is -1.72. The molecule has 0 saturated carbocycles. The Morgan fingerprint density at radius 3 is 2.73 bits per heavy atom. The van der Waals surface area contributed by atoms with Gasteiger partial charge in [0.15, 0.2) is 0 Å². The molecule has 0 unspecified atom stereocenters. The van der Waals surface area contributed by atoms with Crippen molar-refractivity contribution in [3.63, 3.8) is 0 Å². The lowest BCUT2D eigenvalue weighted by Gasteiger charge is -2.04. The highest BCUT2D eigenvalue weighted by molar-refractivity contribution is 7.08. The molecule has 0 aliphatic heterocycles. The van der Waals surface area contributed by atoms with Crippen molar-refractivity contribution < 1.29 is 4.74 Å². The smallest absolute Gasteiger partial charge is 0.120 e. The first-order chi connectivity index (χ1) is 7.33. The zero-order valence-electron chi connectivity index (χ0n) is 8.36. The SMILES string of the molecule is C#Cc1cc(OC)cc(-c2ccsc2)c1. The molecule has 2 aromatic rings. The maximum absolute atomic E-state index is 5.39. The van der Waals surface area contributed by atoms with Crippen molar-refractivity contribution in [2.24, 2.45) is 0 Å². The Labute approximate surface area is 93.3 Å². The Morgan fingerprint density at radius 1 is 1.27 bits per heavy atom. The van der Waals surface area contributed by atoms with Gasteiger partial charge in [0, 0.05) is 5.56 Å². The number of rotatable bonds is 2. The molecule has 0 fully saturated rings. The van der Waals surface area contributed by atoms with Crippen LogP contribution in [0.15, 0.2) is 35.0 Å². The molecule has 0 radical (unpaired) electrons. The van der Waals surface area contributed by atoms with Crippen LogP contribution in [0, 0.1) is 12.3 Å². The lowest BCUT2D eigenvalue weighted by atomic mass is 10.1. The van der Waals surface area contributed by atoms with Gasteiger partial charge in [0.1, 0.15) is 5.75 Å². The van der Waals surface area contributed by atoms with E-state index in [-0.39, 0.29) is 0 Å². The van der Waals surface area contributed by atoms with E-state index < -0.39 is 0 Å². The highest BCUT2D eigenvalue weighted by Crippen LogP contribution is 2.27. The third kappa shape index (κ3) is 2.03. The molecule has 0 saturated heterocycles. The molecule has 1 heterocycles. The number of hydrogen-bond acceptors (Lipinski definition) is 2. The van der Waals surface area contributed by atoms with Crippen molar-refractivity contribution in [1.29, 1.82) is 0 Å². The third-order valence-electron chi connectivity index (χ3n) is 2.16. The van der Waals surface area contributed by atoms with Crippen molar-refractivity contribution in [3.05, 3.63) is 40.6 Å². The van der Waals surface area contributed by atoms with E-state index in [0.29, 0.717) is 0 Å². The summed E-state index contributed by atoms with van der Waals surface area (Å²) in [5, 5.41) is 4.14. The summed E-state index contributed by atoms with van der Waals surface area (Å²) in [6.07, 6.45) is 5.39. The first kappa shape index (κ1) is 9.82. The van der Waals surface area contributed by atoms with E-state index in [0.717, 1.165) is 16.9 Å². The van der Waals surface area contributed by atoms with Crippen LogP contribution in [0.25, 0.3) is 11.1 Å². The minimum absolute atomic E-state index is 0.798. The predicted octanol–water partition coefficient (Wildman–Crippen LogP) is 3.41. The van der Waals surface area contributed by atoms with Crippen LogP contribution in [0.4, 0.5) is 0 Å². The average Bonchev–Trinajstić information content (AvgIpc) is 2.81. The molecule has 1 aromatic heterocycles. The summed E-state index contributed by atoms with van der Waals surface area (Å²) in [6, 6.07) is 7.91. The van der Waals surface area contributed by atoms with Crippen molar-refractivity contribution in [2.75, 3.05) is 7.11 Å². The van der Waals surface area contributed by atoms with Gasteiger partial charge in [-0.05, 0) is 46.2 Å². The Bertz CT molecular complexity index is 492. The summed E-state index contributed by atoms with van der Waals surface area (Å²) in [5.74, 6) is 3.43. The molecule has 0 aliphatic carbocycles. The van der Waals surface area contributed by atoms with Gasteiger partial charge in [-0.2, -0.15) is 11.3 Å². The normalized spacial score (nSPS) is 9.60. The van der Waals surface area contributed by atoms with Gasteiger partial charge in [-0.15, -0.1) is 6.42 Å². The van der Waals surface area contributed by atoms with Crippen LogP contribution in [0.3, 0.4) is 0 Å². The van der Waals surface area contributed by atoms with Crippen molar-refractivity contribution in [2.45, 2.75) is 0 Å². The van der Waals surface area contributed by atoms with Crippen molar-refractivity contribution >= 4 is 11.3 Å². The van der Waals surface area contributed by atoms with Crippen LogP contribution in [-0.4, -0.2) is 7.11 Å². The summed E-state index contributed by atoms with van der Waals surface area (Å²) in [5.41, 5.74) is 3.12. The fourth-order valence-corrected chi connectivity index (χ4v) is 2.06. The van der Waals surface area contributed by atoms with E-state index in [2.05, 4.69) is 17.4 Å². The van der Waals surface area contributed by atoms with Crippen LogP contribution in [0.5, 0.6) is 5.75 Å². The van der Waals surface area contributed by atoms with E-state index in [1.165, 1.54) is 5.56 Å². The van der Waals surface area contributed by atoms with Gasteiger partial charge in [-0.25, -0.2) is 0 Å². The van der Waals surface area contributed by atoms with Gasteiger partial charge in [0.05, 0.1) is 7.11 Å². The van der Waals surface area contributed by atoms with Crippen molar-refractivity contribution in [1.82, 2.24) is 0 Å². The molecular weight excluding hydrogens is 204 g/mol. The summed E-state index contributed by atoms with van der Waals surface area (Å²) < 4.78 is 5.20. The quantitative estimate of drug-likeness (QED) is 0.696. The van der Waals surface area contributed by atoms with Crippen LogP contribution < -0.4 is 4.74 Å². The lowest BCUT2D eigenvalue weighted by molar-refractivity contribution is 0.415. The predicted molar refractivity (Wildman–Crippen MR) is 64.2 cm³/mol. The number of hydrogen-bond donors (Lipinski definition) is 0. The molecule has 0 spiro atoms. The summed E-state index contributed by atoms with van der Waals surface area (Å²) in [7, 11) is 1.65. The fraction of sp³-hybridized carbons (Fsp3) is 0.0769. The number of methoxy groups -OCH3 is 1. The second-order valence-corrected chi connectivity index (χ2v) is 3.89. The van der Waals surface area contributed by atoms with Gasteiger partial charge < -0.3 is 4.74 Å². The zero-order valence-corrected chi connectivity index (χ0v) is 9.17. The van der Waals surface area contributed by atoms with Crippen LogP contribution >= 0.6 is 11.3 Å². The van der Waals surface area contributed by atoms with Crippen molar-refractivity contribution in [3.8, 4) is 29.2 Å². The maximum Gasteiger partial charge on any atom is 0.120 e. The summed E-state index contributed by atoms with van der Waals surface area (Å²) >= 11 is 1.67. The standard InChI is InChI=1S/C13H10OS/c1-3-10-6-12(8-13(7-10)14-2)11-4-5-15-9-11/h1,4-9H,2H3. The molecule has 1 nitrogen and oxygen atoms in total. The van der Waals surface area contributed by atoms with Gasteiger partial charge in [-0.3, -0.25) is 0 Å². The molecule has 0 bridgehead atoms. The molecule has 0 atom stereocenters. The van der Waals surface area contributed by atoms with Gasteiger partial charge in [0.2, 0.25) is 0 Å². The maximum atomic E-state index is 5.39. The second-order valence-electron chi connectivity index (χ2n) is 3.11. The number of thiophene rings is 1. The minimum atomic E-state index is 0.798. The van der Waals surface area contributed by atoms with E-state index in [1.807, 2.05) is 23.6 Å². The van der Waals surface area contributed by atoms with E-state index in [1.54, 1.807) is 18.4 Å². The molecule has 74 valence electrons. The molecule has 2 heteroatoms. The second kappa shape index (κ2) is 4.20. The topological polar surface area (TPSA) is 9.23 Å². The van der Waals surface area contributed by atoms with Crippen LogP contribution in [0.2, 0.25) is 0 Å². The first-order valence-electron chi connectivity index (χ1n) is 4.52. The number of benzene rings is 1. The Kier molecular flexibility index (Phi) is 2.75. The molecule has 2 rings (SSSR count). The largest absolute Gasteiger partial charge is 0.497 e. The van der Waals surface area contributed by atoms with Gasteiger partial charge in [0.25, 0.3) is 0 Å². The van der Waals surface area contributed by atoms with Crippen LogP contribution in [-0.2, 0) is 0 Å². The molecule has 15 heavy (non-hydrogen) atoms. The lowest BCUT2D eigenvalue weighted by Crippen LogP contribution is -1.86. The monoisotopic (exact) mass is 214 g/mol.